The molecule has 3 aromatic heterocycles. The predicted octanol–water partition coefficient (Wildman–Crippen LogP) is 4.40. The number of imidazole rings is 1. The molecule has 0 saturated heterocycles. The van der Waals surface area contributed by atoms with Gasteiger partial charge in [-0.2, -0.15) is 11.3 Å². The molecule has 0 amide bonds. The summed E-state index contributed by atoms with van der Waals surface area (Å²) in [6.07, 6.45) is 3.58. The lowest BCUT2D eigenvalue weighted by molar-refractivity contribution is 0.620. The number of nitrogens with zero attached hydrogens (tertiary/aromatic N) is 3. The van der Waals surface area contributed by atoms with Gasteiger partial charge >= 0.3 is 0 Å². The van der Waals surface area contributed by atoms with Crippen LogP contribution in [0.4, 0.5) is 0 Å². The lowest BCUT2D eigenvalue weighted by Gasteiger charge is -2.17. The first-order valence-corrected chi connectivity index (χ1v) is 7.54. The molecule has 19 heavy (non-hydrogen) atoms. The standard InChI is InChI=1S/C14H14ClN3S/c1-9(15)14-17-12-7-16-5-3-13(12)18(14)10(2)11-4-6-19-8-11/h3-10H,1-2H3. The Labute approximate surface area is 120 Å². The van der Waals surface area contributed by atoms with Crippen LogP contribution in [0.1, 0.15) is 36.7 Å². The van der Waals surface area contributed by atoms with Crippen molar-refractivity contribution in [1.82, 2.24) is 14.5 Å². The first kappa shape index (κ1) is 12.6. The fourth-order valence-corrected chi connectivity index (χ4v) is 3.22. The molecule has 0 aliphatic carbocycles. The monoisotopic (exact) mass is 291 g/mol. The first-order chi connectivity index (χ1) is 9.18. The Morgan fingerprint density at radius 3 is 2.84 bits per heavy atom. The highest BCUT2D eigenvalue weighted by molar-refractivity contribution is 7.07. The number of halogens is 1. The van der Waals surface area contributed by atoms with Gasteiger partial charge in [0.05, 0.1) is 23.1 Å². The molecule has 2 unspecified atom stereocenters. The Morgan fingerprint density at radius 1 is 1.32 bits per heavy atom. The van der Waals surface area contributed by atoms with Crippen molar-refractivity contribution in [3.05, 3.63) is 46.7 Å². The van der Waals surface area contributed by atoms with E-state index in [1.54, 1.807) is 23.7 Å². The summed E-state index contributed by atoms with van der Waals surface area (Å²) in [5, 5.41) is 4.13. The van der Waals surface area contributed by atoms with Gasteiger partial charge in [0.1, 0.15) is 11.3 Å². The van der Waals surface area contributed by atoms with Crippen LogP contribution in [0, 0.1) is 0 Å². The molecule has 3 nitrogen and oxygen atoms in total. The molecule has 0 N–H and O–H groups in total. The Kier molecular flexibility index (Phi) is 3.29. The quantitative estimate of drug-likeness (QED) is 0.670. The Bertz CT molecular complexity index is 688. The molecule has 2 atom stereocenters. The molecular weight excluding hydrogens is 278 g/mol. The highest BCUT2D eigenvalue weighted by Crippen LogP contribution is 2.31. The second kappa shape index (κ2) is 4.94. The molecule has 3 rings (SSSR count). The molecule has 0 saturated carbocycles. The number of hydrogen-bond acceptors (Lipinski definition) is 3. The number of fused-ring (bicyclic) bond motifs is 1. The van der Waals surface area contributed by atoms with Crippen LogP contribution in [-0.4, -0.2) is 14.5 Å². The molecule has 0 fully saturated rings. The number of rotatable bonds is 3. The summed E-state index contributed by atoms with van der Waals surface area (Å²) in [6.45, 7) is 4.12. The largest absolute Gasteiger partial charge is 0.319 e. The van der Waals surface area contributed by atoms with Crippen LogP contribution < -0.4 is 0 Å². The Hall–Kier alpha value is -1.39. The first-order valence-electron chi connectivity index (χ1n) is 6.16. The molecular formula is C14H14ClN3S. The van der Waals surface area contributed by atoms with E-state index < -0.39 is 0 Å². The van der Waals surface area contributed by atoms with Gasteiger partial charge in [-0.25, -0.2) is 4.98 Å². The van der Waals surface area contributed by atoms with E-state index in [0.29, 0.717) is 0 Å². The summed E-state index contributed by atoms with van der Waals surface area (Å²) in [5.74, 6) is 0.892. The molecule has 0 radical (unpaired) electrons. The van der Waals surface area contributed by atoms with E-state index in [-0.39, 0.29) is 11.4 Å². The maximum absolute atomic E-state index is 6.28. The van der Waals surface area contributed by atoms with Gasteiger partial charge in [0.15, 0.2) is 0 Å². The van der Waals surface area contributed by atoms with Crippen molar-refractivity contribution in [1.29, 1.82) is 0 Å². The molecule has 0 bridgehead atoms. The predicted molar refractivity (Wildman–Crippen MR) is 79.9 cm³/mol. The topological polar surface area (TPSA) is 30.7 Å². The maximum Gasteiger partial charge on any atom is 0.128 e. The van der Waals surface area contributed by atoms with Crippen molar-refractivity contribution in [2.75, 3.05) is 0 Å². The van der Waals surface area contributed by atoms with Gasteiger partial charge in [-0.05, 0) is 42.3 Å². The van der Waals surface area contributed by atoms with Crippen LogP contribution in [-0.2, 0) is 0 Å². The van der Waals surface area contributed by atoms with Gasteiger partial charge in [0.2, 0.25) is 0 Å². The van der Waals surface area contributed by atoms with Crippen LogP contribution in [0.3, 0.4) is 0 Å². The van der Waals surface area contributed by atoms with Crippen LogP contribution in [0.2, 0.25) is 0 Å². The molecule has 5 heteroatoms. The molecule has 0 aliphatic heterocycles. The highest BCUT2D eigenvalue weighted by Gasteiger charge is 2.20. The molecule has 3 heterocycles. The van der Waals surface area contributed by atoms with Crippen molar-refractivity contribution >= 4 is 34.0 Å². The van der Waals surface area contributed by atoms with E-state index in [9.17, 15) is 0 Å². The average molecular weight is 292 g/mol. The third-order valence-electron chi connectivity index (χ3n) is 3.29. The molecule has 98 valence electrons. The molecule has 0 spiro atoms. The van der Waals surface area contributed by atoms with Crippen molar-refractivity contribution in [2.24, 2.45) is 0 Å². The van der Waals surface area contributed by atoms with Crippen molar-refractivity contribution in [2.45, 2.75) is 25.3 Å². The number of pyridine rings is 1. The number of hydrogen-bond donors (Lipinski definition) is 0. The zero-order chi connectivity index (χ0) is 13.4. The minimum absolute atomic E-state index is 0.131. The van der Waals surface area contributed by atoms with Gasteiger partial charge in [-0.1, -0.05) is 0 Å². The fourth-order valence-electron chi connectivity index (χ4n) is 2.32. The van der Waals surface area contributed by atoms with Crippen LogP contribution in [0.5, 0.6) is 0 Å². The molecule has 3 aromatic rings. The zero-order valence-electron chi connectivity index (χ0n) is 10.7. The minimum atomic E-state index is -0.131. The third kappa shape index (κ3) is 2.15. The highest BCUT2D eigenvalue weighted by atomic mass is 35.5. The minimum Gasteiger partial charge on any atom is -0.319 e. The van der Waals surface area contributed by atoms with E-state index in [1.165, 1.54) is 5.56 Å². The van der Waals surface area contributed by atoms with Crippen molar-refractivity contribution < 1.29 is 0 Å². The smallest absolute Gasteiger partial charge is 0.128 e. The second-order valence-electron chi connectivity index (χ2n) is 4.55. The summed E-state index contributed by atoms with van der Waals surface area (Å²) in [7, 11) is 0. The van der Waals surface area contributed by atoms with Gasteiger partial charge in [-0.3, -0.25) is 4.98 Å². The zero-order valence-corrected chi connectivity index (χ0v) is 12.3. The summed E-state index contributed by atoms with van der Waals surface area (Å²) in [4.78, 5) is 8.75. The SMILES string of the molecule is CC(Cl)c1nc2cnccc2n1C(C)c1ccsc1. The van der Waals surface area contributed by atoms with E-state index in [0.717, 1.165) is 16.9 Å². The summed E-state index contributed by atoms with van der Waals surface area (Å²) in [5.41, 5.74) is 3.25. The van der Waals surface area contributed by atoms with Crippen LogP contribution in [0.15, 0.2) is 35.3 Å². The summed E-state index contributed by atoms with van der Waals surface area (Å²) < 4.78 is 2.21. The van der Waals surface area contributed by atoms with Crippen LogP contribution in [0.25, 0.3) is 11.0 Å². The lowest BCUT2D eigenvalue weighted by atomic mass is 10.1. The van der Waals surface area contributed by atoms with E-state index in [2.05, 4.69) is 38.3 Å². The van der Waals surface area contributed by atoms with E-state index in [1.807, 2.05) is 13.0 Å². The van der Waals surface area contributed by atoms with Gasteiger partial charge < -0.3 is 4.57 Å². The van der Waals surface area contributed by atoms with Gasteiger partial charge in [-0.15, -0.1) is 11.6 Å². The molecule has 0 aromatic carbocycles. The van der Waals surface area contributed by atoms with Gasteiger partial charge in [0, 0.05) is 6.20 Å². The third-order valence-corrected chi connectivity index (χ3v) is 4.18. The number of alkyl halides is 1. The number of aromatic nitrogens is 3. The van der Waals surface area contributed by atoms with Gasteiger partial charge in [0.25, 0.3) is 0 Å². The fraction of sp³-hybridized carbons (Fsp3) is 0.286. The van der Waals surface area contributed by atoms with Crippen molar-refractivity contribution in [3.63, 3.8) is 0 Å². The lowest BCUT2D eigenvalue weighted by Crippen LogP contribution is -2.10. The summed E-state index contributed by atoms with van der Waals surface area (Å²) >= 11 is 7.99. The van der Waals surface area contributed by atoms with Crippen LogP contribution >= 0.6 is 22.9 Å². The maximum atomic E-state index is 6.28. The number of thiophene rings is 1. The average Bonchev–Trinajstić information content (AvgIpc) is 3.05. The second-order valence-corrected chi connectivity index (χ2v) is 5.99. The van der Waals surface area contributed by atoms with Crippen molar-refractivity contribution in [3.8, 4) is 0 Å². The van der Waals surface area contributed by atoms with E-state index in [4.69, 9.17) is 11.6 Å². The summed E-state index contributed by atoms with van der Waals surface area (Å²) in [6, 6.07) is 4.36. The molecule has 0 aliphatic rings. The Balaban J connectivity index is 2.23. The normalized spacial score (nSPS) is 14.7. The van der Waals surface area contributed by atoms with E-state index >= 15 is 0 Å². The Morgan fingerprint density at radius 2 is 2.16 bits per heavy atom.